The molecule has 11 heteroatoms. The summed E-state index contributed by atoms with van der Waals surface area (Å²) in [6, 6.07) is 15.3. The van der Waals surface area contributed by atoms with E-state index in [4.69, 9.17) is 40.6 Å². The first kappa shape index (κ1) is 28.0. The molecule has 1 unspecified atom stereocenters. The zero-order valence-corrected chi connectivity index (χ0v) is 24.1. The van der Waals surface area contributed by atoms with Gasteiger partial charge in [0.1, 0.15) is 17.9 Å². The van der Waals surface area contributed by atoms with Gasteiger partial charge >= 0.3 is 7.82 Å². The summed E-state index contributed by atoms with van der Waals surface area (Å²) >= 11 is 6.14. The van der Waals surface area contributed by atoms with E-state index in [2.05, 4.69) is 23.4 Å². The summed E-state index contributed by atoms with van der Waals surface area (Å²) in [7, 11) is -3.79. The van der Waals surface area contributed by atoms with Gasteiger partial charge in [-0.25, -0.2) is 14.5 Å². The van der Waals surface area contributed by atoms with Crippen molar-refractivity contribution in [2.45, 2.75) is 51.7 Å². The van der Waals surface area contributed by atoms with Crippen LogP contribution >= 0.6 is 19.4 Å². The van der Waals surface area contributed by atoms with Crippen molar-refractivity contribution in [3.05, 3.63) is 64.9 Å². The average Bonchev–Trinajstić information content (AvgIpc) is 3.33. The van der Waals surface area contributed by atoms with Gasteiger partial charge in [-0.3, -0.25) is 13.6 Å². The van der Waals surface area contributed by atoms with Crippen molar-refractivity contribution in [2.75, 3.05) is 32.2 Å². The van der Waals surface area contributed by atoms with Gasteiger partial charge in [0.15, 0.2) is 5.82 Å². The number of aromatic nitrogens is 3. The molecule has 0 amide bonds. The van der Waals surface area contributed by atoms with Crippen molar-refractivity contribution in [3.63, 3.8) is 0 Å². The number of imidazole rings is 1. The first-order chi connectivity index (χ1) is 18.8. The maximum Gasteiger partial charge on any atom is 0.474 e. The van der Waals surface area contributed by atoms with Crippen LogP contribution in [0.5, 0.6) is 0 Å². The zero-order valence-electron chi connectivity index (χ0n) is 22.4. The van der Waals surface area contributed by atoms with Gasteiger partial charge in [-0.05, 0) is 44.0 Å². The van der Waals surface area contributed by atoms with Crippen molar-refractivity contribution in [3.8, 4) is 0 Å². The normalized spacial score (nSPS) is 21.4. The molecule has 4 aromatic rings. The standard InChI is InChI=1S/C28H34ClN4O5P/c1-4-13-28(3,18-38-39(34)36-15-20(16-37-39)19-9-8-10-21(29)14-19)33-24(17-35-5-2)32-25-26(33)22-11-6-7-12-23(22)31-27(25)30/h6-12,14,20H,4-5,13,15-18H2,1-3H3,(H2,30,31). The van der Waals surface area contributed by atoms with Gasteiger partial charge in [0.05, 0.1) is 36.4 Å². The molecule has 0 spiro atoms. The molecule has 3 heterocycles. The third kappa shape index (κ3) is 5.71. The van der Waals surface area contributed by atoms with E-state index in [0.717, 1.165) is 28.4 Å². The highest BCUT2D eigenvalue weighted by atomic mass is 35.5. The molecule has 2 aromatic carbocycles. The summed E-state index contributed by atoms with van der Waals surface area (Å²) in [6.45, 7) is 7.39. The molecule has 208 valence electrons. The van der Waals surface area contributed by atoms with Crippen molar-refractivity contribution in [2.24, 2.45) is 0 Å². The molecule has 1 atom stereocenters. The second kappa shape index (κ2) is 11.5. The maximum absolute atomic E-state index is 13.5. The maximum atomic E-state index is 13.5. The molecule has 39 heavy (non-hydrogen) atoms. The van der Waals surface area contributed by atoms with Crippen molar-refractivity contribution in [1.82, 2.24) is 14.5 Å². The van der Waals surface area contributed by atoms with Gasteiger partial charge in [-0.2, -0.15) is 0 Å². The van der Waals surface area contributed by atoms with Gasteiger partial charge < -0.3 is 15.0 Å². The molecule has 1 aliphatic heterocycles. The highest BCUT2D eigenvalue weighted by Gasteiger charge is 2.39. The molecule has 2 N–H and O–H groups in total. The number of phosphoric ester groups is 1. The lowest BCUT2D eigenvalue weighted by Gasteiger charge is -2.35. The summed E-state index contributed by atoms with van der Waals surface area (Å²) in [5, 5.41) is 1.55. The van der Waals surface area contributed by atoms with Gasteiger partial charge in [0.2, 0.25) is 0 Å². The predicted molar refractivity (Wildman–Crippen MR) is 153 cm³/mol. The number of fused-ring (bicyclic) bond motifs is 3. The number of hydrogen-bond donors (Lipinski definition) is 1. The number of anilines is 1. The number of rotatable bonds is 10. The number of pyridine rings is 1. The molecule has 0 bridgehead atoms. The number of para-hydroxylation sites is 1. The zero-order chi connectivity index (χ0) is 27.6. The van der Waals surface area contributed by atoms with Crippen LogP contribution in [-0.2, 0) is 35.0 Å². The molecule has 0 radical (unpaired) electrons. The highest BCUT2D eigenvalue weighted by Crippen LogP contribution is 2.55. The summed E-state index contributed by atoms with van der Waals surface area (Å²) < 4.78 is 38.9. The third-order valence-electron chi connectivity index (χ3n) is 7.07. The lowest BCUT2D eigenvalue weighted by molar-refractivity contribution is 0.0374. The van der Waals surface area contributed by atoms with E-state index in [-0.39, 0.29) is 32.3 Å². The number of nitrogen functional groups attached to an aromatic ring is 1. The van der Waals surface area contributed by atoms with Crippen LogP contribution < -0.4 is 5.73 Å². The Kier molecular flexibility index (Phi) is 8.29. The fourth-order valence-electron chi connectivity index (χ4n) is 5.20. The van der Waals surface area contributed by atoms with Crippen molar-refractivity contribution in [1.29, 1.82) is 0 Å². The summed E-state index contributed by atoms with van der Waals surface area (Å²) in [5.41, 5.74) is 8.90. The van der Waals surface area contributed by atoms with Crippen LogP contribution in [0.2, 0.25) is 5.02 Å². The smallest absolute Gasteiger partial charge is 0.382 e. The van der Waals surface area contributed by atoms with Crippen LogP contribution in [0, 0.1) is 0 Å². The molecule has 1 saturated heterocycles. The molecule has 1 fully saturated rings. The highest BCUT2D eigenvalue weighted by molar-refractivity contribution is 7.48. The van der Waals surface area contributed by atoms with Crippen LogP contribution in [0.15, 0.2) is 48.5 Å². The quantitative estimate of drug-likeness (QED) is 0.206. The number of nitrogens with two attached hydrogens (primary N) is 1. The largest absolute Gasteiger partial charge is 0.474 e. The minimum absolute atomic E-state index is 0.0705. The minimum atomic E-state index is -3.79. The SMILES string of the molecule is CCCC(C)(COP1(=O)OCC(c2cccc(Cl)c2)CO1)n1c(COCC)nc2c(N)nc3ccccc3c21. The fourth-order valence-corrected chi connectivity index (χ4v) is 6.78. The van der Waals surface area contributed by atoms with Gasteiger partial charge in [-0.1, -0.05) is 55.3 Å². The molecule has 0 aliphatic carbocycles. The number of phosphoric acid groups is 1. The van der Waals surface area contributed by atoms with Crippen LogP contribution in [0.4, 0.5) is 5.82 Å². The Morgan fingerprint density at radius 3 is 2.64 bits per heavy atom. The molecule has 9 nitrogen and oxygen atoms in total. The van der Waals surface area contributed by atoms with E-state index in [1.165, 1.54) is 0 Å². The van der Waals surface area contributed by atoms with Crippen molar-refractivity contribution >= 4 is 47.2 Å². The average molecular weight is 573 g/mol. The lowest BCUT2D eigenvalue weighted by Crippen LogP contribution is -2.37. The Labute approximate surface area is 233 Å². The second-order valence-corrected chi connectivity index (χ2v) is 12.1. The molecule has 0 saturated carbocycles. The molecule has 2 aromatic heterocycles. The molecular formula is C28H34ClN4O5P. The number of hydrogen-bond acceptors (Lipinski definition) is 8. The van der Waals surface area contributed by atoms with Crippen LogP contribution in [-0.4, -0.2) is 41.0 Å². The predicted octanol–water partition coefficient (Wildman–Crippen LogP) is 6.83. The fraction of sp³-hybridized carbons (Fsp3) is 0.429. The Morgan fingerprint density at radius 1 is 1.15 bits per heavy atom. The van der Waals surface area contributed by atoms with Crippen LogP contribution in [0.1, 0.15) is 50.9 Å². The first-order valence-corrected chi connectivity index (χ1v) is 15.0. The Hall–Kier alpha value is -2.52. The monoisotopic (exact) mass is 572 g/mol. The van der Waals surface area contributed by atoms with Gasteiger partial charge in [0, 0.05) is 22.9 Å². The van der Waals surface area contributed by atoms with E-state index in [1.54, 1.807) is 0 Å². The second-order valence-electron chi connectivity index (χ2n) is 10.0. The minimum Gasteiger partial charge on any atom is -0.382 e. The van der Waals surface area contributed by atoms with E-state index < -0.39 is 13.4 Å². The molecule has 1 aliphatic rings. The summed E-state index contributed by atoms with van der Waals surface area (Å²) in [6.07, 6.45) is 1.55. The number of nitrogens with zero attached hydrogens (tertiary/aromatic N) is 3. The van der Waals surface area contributed by atoms with E-state index in [1.807, 2.05) is 55.5 Å². The summed E-state index contributed by atoms with van der Waals surface area (Å²) in [4.78, 5) is 9.44. The van der Waals surface area contributed by atoms with Gasteiger partial charge in [0.25, 0.3) is 0 Å². The topological polar surface area (TPSA) is 111 Å². The Balaban J connectivity index is 1.48. The lowest BCUT2D eigenvalue weighted by atomic mass is 9.96. The Morgan fingerprint density at radius 2 is 1.92 bits per heavy atom. The van der Waals surface area contributed by atoms with Gasteiger partial charge in [-0.15, -0.1) is 0 Å². The molecular weight excluding hydrogens is 539 g/mol. The first-order valence-electron chi connectivity index (χ1n) is 13.2. The number of benzene rings is 2. The van der Waals surface area contributed by atoms with Crippen LogP contribution in [0.25, 0.3) is 21.9 Å². The van der Waals surface area contributed by atoms with Crippen LogP contribution in [0.3, 0.4) is 0 Å². The number of ether oxygens (including phenoxy) is 1. The van der Waals surface area contributed by atoms with Crippen molar-refractivity contribution < 1.29 is 22.9 Å². The number of halogens is 1. The summed E-state index contributed by atoms with van der Waals surface area (Å²) in [5.74, 6) is 0.952. The van der Waals surface area contributed by atoms with E-state index in [0.29, 0.717) is 35.2 Å². The van der Waals surface area contributed by atoms with E-state index >= 15 is 0 Å². The Bertz CT molecular complexity index is 1520. The molecule has 5 rings (SSSR count). The third-order valence-corrected chi connectivity index (χ3v) is 8.69. The van der Waals surface area contributed by atoms with E-state index in [9.17, 15) is 4.57 Å².